The van der Waals surface area contributed by atoms with Gasteiger partial charge in [0.1, 0.15) is 0 Å². The lowest BCUT2D eigenvalue weighted by Gasteiger charge is -2.30. The number of nitrogens with one attached hydrogen (secondary N) is 1. The van der Waals surface area contributed by atoms with Gasteiger partial charge in [-0.05, 0) is 61.4 Å². The number of amides is 1. The van der Waals surface area contributed by atoms with E-state index in [1.165, 1.54) is 42.1 Å². The summed E-state index contributed by atoms with van der Waals surface area (Å²) in [4.78, 5) is 15.6. The molecule has 1 aliphatic heterocycles. The molecule has 3 rings (SSSR count). The highest BCUT2D eigenvalue weighted by atomic mass is 35.5. The number of likely N-dealkylation sites (tertiary alicyclic amines) is 1. The molecule has 156 valence electrons. The fourth-order valence-corrected chi connectivity index (χ4v) is 5.12. The highest BCUT2D eigenvalue weighted by Gasteiger charge is 2.25. The number of hydrogen-bond donors (Lipinski definition) is 1. The number of hydrogen-bond acceptors (Lipinski definition) is 4. The topological polar surface area (TPSA) is 66.5 Å². The highest BCUT2D eigenvalue weighted by molar-refractivity contribution is 7.98. The summed E-state index contributed by atoms with van der Waals surface area (Å²) in [6.45, 7) is 3.55. The molecule has 1 N–H and O–H groups in total. The number of sulfonamides is 1. The van der Waals surface area contributed by atoms with Crippen molar-refractivity contribution < 1.29 is 13.2 Å². The molecule has 5 nitrogen and oxygen atoms in total. The van der Waals surface area contributed by atoms with Crippen molar-refractivity contribution in [3.8, 4) is 0 Å². The van der Waals surface area contributed by atoms with Crippen molar-refractivity contribution in [3.05, 3.63) is 52.0 Å². The summed E-state index contributed by atoms with van der Waals surface area (Å²) in [7, 11) is -3.90. The van der Waals surface area contributed by atoms with E-state index in [9.17, 15) is 13.2 Å². The fraction of sp³-hybridized carbons (Fsp3) is 0.350. The van der Waals surface area contributed by atoms with Crippen LogP contribution in [-0.2, 0) is 10.0 Å². The van der Waals surface area contributed by atoms with Crippen molar-refractivity contribution in [1.82, 2.24) is 4.90 Å². The van der Waals surface area contributed by atoms with Gasteiger partial charge < -0.3 is 4.90 Å². The smallest absolute Gasteiger partial charge is 0.261 e. The molecule has 1 amide bonds. The average molecular weight is 473 g/mol. The van der Waals surface area contributed by atoms with Crippen molar-refractivity contribution in [3.63, 3.8) is 0 Å². The predicted octanol–water partition coefficient (Wildman–Crippen LogP) is 5.39. The molecule has 0 atom stereocenters. The molecule has 0 aromatic heterocycles. The van der Waals surface area contributed by atoms with Crippen LogP contribution in [0.15, 0.2) is 46.2 Å². The second-order valence-electron chi connectivity index (χ2n) is 7.07. The molecular weight excluding hydrogens is 451 g/mol. The maximum Gasteiger partial charge on any atom is 0.261 e. The van der Waals surface area contributed by atoms with Crippen LogP contribution in [0.25, 0.3) is 0 Å². The Morgan fingerprint density at radius 3 is 2.41 bits per heavy atom. The summed E-state index contributed by atoms with van der Waals surface area (Å²) in [5, 5.41) is 0.586. The second-order valence-corrected chi connectivity index (χ2v) is 10.4. The number of carbonyl (C=O) groups is 1. The molecule has 0 bridgehead atoms. The van der Waals surface area contributed by atoms with E-state index >= 15 is 0 Å². The molecule has 2 aromatic rings. The Bertz CT molecular complexity index is 1020. The standard InChI is InChI=1S/C20H22Cl2N2O3S2/c1-13-7-9-24(10-8-13)20(25)16-12-15(4-6-19(16)28-2)29(26,27)23-14-3-5-17(21)18(22)11-14/h3-6,11-13,23H,7-10H2,1-2H3. The van der Waals surface area contributed by atoms with Crippen molar-refractivity contribution >= 4 is 56.6 Å². The largest absolute Gasteiger partial charge is 0.339 e. The molecule has 1 fully saturated rings. The van der Waals surface area contributed by atoms with Gasteiger partial charge in [-0.25, -0.2) is 8.42 Å². The summed E-state index contributed by atoms with van der Waals surface area (Å²) in [5.41, 5.74) is 0.704. The van der Waals surface area contributed by atoms with Gasteiger partial charge in [0.15, 0.2) is 0 Å². The zero-order valence-corrected chi connectivity index (χ0v) is 19.3. The third-order valence-electron chi connectivity index (χ3n) is 4.95. The van der Waals surface area contributed by atoms with Crippen LogP contribution in [0, 0.1) is 5.92 Å². The Balaban J connectivity index is 1.90. The fourth-order valence-electron chi connectivity index (χ4n) is 3.18. The van der Waals surface area contributed by atoms with Crippen LogP contribution in [0.2, 0.25) is 10.0 Å². The summed E-state index contributed by atoms with van der Waals surface area (Å²) < 4.78 is 28.2. The number of piperidine rings is 1. The number of rotatable bonds is 5. The van der Waals surface area contributed by atoms with E-state index in [-0.39, 0.29) is 15.8 Å². The SMILES string of the molecule is CSc1ccc(S(=O)(=O)Nc2ccc(Cl)c(Cl)c2)cc1C(=O)N1CCC(C)CC1. The van der Waals surface area contributed by atoms with Crippen molar-refractivity contribution in [1.29, 1.82) is 0 Å². The van der Waals surface area contributed by atoms with Crippen LogP contribution in [0.4, 0.5) is 5.69 Å². The lowest BCUT2D eigenvalue weighted by Crippen LogP contribution is -2.38. The minimum atomic E-state index is -3.90. The quantitative estimate of drug-likeness (QED) is 0.592. The number of carbonyl (C=O) groups excluding carboxylic acids is 1. The monoisotopic (exact) mass is 472 g/mol. The summed E-state index contributed by atoms with van der Waals surface area (Å²) in [6.07, 6.45) is 3.78. The Labute approximate surface area is 185 Å². The average Bonchev–Trinajstić information content (AvgIpc) is 2.70. The van der Waals surface area contributed by atoms with Gasteiger partial charge in [-0.1, -0.05) is 30.1 Å². The van der Waals surface area contributed by atoms with Gasteiger partial charge in [0.25, 0.3) is 15.9 Å². The Morgan fingerprint density at radius 1 is 1.10 bits per heavy atom. The first-order valence-corrected chi connectivity index (χ1v) is 12.6. The van der Waals surface area contributed by atoms with Crippen molar-refractivity contribution in [2.45, 2.75) is 29.6 Å². The first kappa shape index (κ1) is 22.3. The zero-order valence-electron chi connectivity index (χ0n) is 16.1. The van der Waals surface area contributed by atoms with E-state index in [0.29, 0.717) is 35.3 Å². The third-order valence-corrected chi connectivity index (χ3v) is 7.87. The van der Waals surface area contributed by atoms with Gasteiger partial charge in [0.05, 0.1) is 26.2 Å². The number of nitrogens with zero attached hydrogens (tertiary/aromatic N) is 1. The second kappa shape index (κ2) is 9.16. The van der Waals surface area contributed by atoms with Gasteiger partial charge in [-0.3, -0.25) is 9.52 Å². The van der Waals surface area contributed by atoms with Crippen LogP contribution in [-0.4, -0.2) is 38.6 Å². The van der Waals surface area contributed by atoms with Crippen molar-refractivity contribution in [2.75, 3.05) is 24.1 Å². The first-order chi connectivity index (χ1) is 13.7. The molecular formula is C20H22Cl2N2O3S2. The van der Waals surface area contributed by atoms with E-state index in [1.54, 1.807) is 11.0 Å². The van der Waals surface area contributed by atoms with Gasteiger partial charge in [0, 0.05) is 18.0 Å². The Hall–Kier alpha value is -1.41. The summed E-state index contributed by atoms with van der Waals surface area (Å²) >= 11 is 13.3. The number of benzene rings is 2. The minimum Gasteiger partial charge on any atom is -0.339 e. The highest BCUT2D eigenvalue weighted by Crippen LogP contribution is 2.29. The van der Waals surface area contributed by atoms with Gasteiger partial charge in [-0.15, -0.1) is 11.8 Å². The third kappa shape index (κ3) is 5.20. The van der Waals surface area contributed by atoms with Gasteiger partial charge >= 0.3 is 0 Å². The normalized spacial score (nSPS) is 15.4. The predicted molar refractivity (Wildman–Crippen MR) is 120 cm³/mol. The Morgan fingerprint density at radius 2 is 1.79 bits per heavy atom. The van der Waals surface area contributed by atoms with Crippen LogP contribution in [0.3, 0.4) is 0 Å². The molecule has 1 heterocycles. The van der Waals surface area contributed by atoms with E-state index in [2.05, 4.69) is 11.6 Å². The molecule has 29 heavy (non-hydrogen) atoms. The van der Waals surface area contributed by atoms with E-state index < -0.39 is 10.0 Å². The molecule has 9 heteroatoms. The maximum atomic E-state index is 13.1. The lowest BCUT2D eigenvalue weighted by molar-refractivity contribution is 0.0693. The number of thioether (sulfide) groups is 1. The Kier molecular flexibility index (Phi) is 7.04. The number of halogens is 2. The van der Waals surface area contributed by atoms with Crippen LogP contribution in [0.1, 0.15) is 30.1 Å². The molecule has 0 radical (unpaired) electrons. The molecule has 0 spiro atoms. The van der Waals surface area contributed by atoms with Crippen LogP contribution in [0.5, 0.6) is 0 Å². The lowest BCUT2D eigenvalue weighted by atomic mass is 9.98. The first-order valence-electron chi connectivity index (χ1n) is 9.16. The summed E-state index contributed by atoms with van der Waals surface area (Å²) in [6, 6.07) is 9.12. The molecule has 2 aromatic carbocycles. The summed E-state index contributed by atoms with van der Waals surface area (Å²) in [5.74, 6) is 0.467. The van der Waals surface area contributed by atoms with E-state index in [4.69, 9.17) is 23.2 Å². The zero-order chi connectivity index (χ0) is 21.2. The minimum absolute atomic E-state index is 0.0232. The van der Waals surface area contributed by atoms with E-state index in [1.807, 2.05) is 6.26 Å². The van der Waals surface area contributed by atoms with E-state index in [0.717, 1.165) is 17.7 Å². The number of anilines is 1. The van der Waals surface area contributed by atoms with Crippen molar-refractivity contribution in [2.24, 2.45) is 5.92 Å². The maximum absolute atomic E-state index is 13.1. The molecule has 1 aliphatic rings. The van der Waals surface area contributed by atoms with Gasteiger partial charge in [0.2, 0.25) is 0 Å². The molecule has 0 saturated carbocycles. The molecule has 1 saturated heterocycles. The van der Waals surface area contributed by atoms with Crippen LogP contribution >= 0.6 is 35.0 Å². The molecule has 0 aliphatic carbocycles. The molecule has 0 unspecified atom stereocenters. The van der Waals surface area contributed by atoms with Gasteiger partial charge in [-0.2, -0.15) is 0 Å². The van der Waals surface area contributed by atoms with Crippen LogP contribution < -0.4 is 4.72 Å².